The zero-order valence-electron chi connectivity index (χ0n) is 8.55. The minimum atomic E-state index is -0.694. The first-order valence-corrected chi connectivity index (χ1v) is 4.75. The van der Waals surface area contributed by atoms with Crippen LogP contribution in [0.5, 0.6) is 0 Å². The SMILES string of the molecule is CCNC(C)(CO)c1ccccc1F. The van der Waals surface area contributed by atoms with Crippen LogP contribution in [0.4, 0.5) is 4.39 Å². The third-order valence-corrected chi connectivity index (χ3v) is 2.35. The predicted octanol–water partition coefficient (Wildman–Crippen LogP) is 1.64. The summed E-state index contributed by atoms with van der Waals surface area (Å²) >= 11 is 0. The Morgan fingerprint density at radius 2 is 2.07 bits per heavy atom. The lowest BCUT2D eigenvalue weighted by atomic mass is 9.92. The van der Waals surface area contributed by atoms with E-state index in [9.17, 15) is 9.50 Å². The summed E-state index contributed by atoms with van der Waals surface area (Å²) in [6, 6.07) is 6.50. The van der Waals surface area contributed by atoms with Gasteiger partial charge in [0.25, 0.3) is 0 Å². The van der Waals surface area contributed by atoms with E-state index in [1.807, 2.05) is 6.92 Å². The van der Waals surface area contributed by atoms with Gasteiger partial charge in [-0.05, 0) is 19.5 Å². The Balaban J connectivity index is 3.05. The number of halogens is 1. The Bertz CT molecular complexity index is 303. The summed E-state index contributed by atoms with van der Waals surface area (Å²) in [5, 5.41) is 12.3. The molecular formula is C11H16FNO. The van der Waals surface area contributed by atoms with Gasteiger partial charge in [-0.1, -0.05) is 25.1 Å². The minimum Gasteiger partial charge on any atom is -0.394 e. The van der Waals surface area contributed by atoms with Crippen molar-refractivity contribution in [2.24, 2.45) is 0 Å². The highest BCUT2D eigenvalue weighted by atomic mass is 19.1. The molecule has 1 atom stereocenters. The number of rotatable bonds is 4. The van der Waals surface area contributed by atoms with Crippen LogP contribution >= 0.6 is 0 Å². The summed E-state index contributed by atoms with van der Waals surface area (Å²) in [4.78, 5) is 0. The van der Waals surface area contributed by atoms with Crippen LogP contribution < -0.4 is 5.32 Å². The van der Waals surface area contributed by atoms with E-state index in [1.165, 1.54) is 6.07 Å². The van der Waals surface area contributed by atoms with Gasteiger partial charge >= 0.3 is 0 Å². The summed E-state index contributed by atoms with van der Waals surface area (Å²) in [6.45, 7) is 4.27. The van der Waals surface area contributed by atoms with Crippen LogP contribution in [-0.4, -0.2) is 18.3 Å². The summed E-state index contributed by atoms with van der Waals surface area (Å²) < 4.78 is 13.4. The molecule has 0 aliphatic rings. The van der Waals surface area contributed by atoms with Crippen molar-refractivity contribution < 1.29 is 9.50 Å². The number of aliphatic hydroxyl groups is 1. The molecule has 0 fully saturated rings. The second kappa shape index (κ2) is 4.53. The molecule has 14 heavy (non-hydrogen) atoms. The Kier molecular flexibility index (Phi) is 3.61. The van der Waals surface area contributed by atoms with Crippen molar-refractivity contribution in [3.05, 3.63) is 35.6 Å². The molecule has 0 amide bonds. The Morgan fingerprint density at radius 3 is 2.57 bits per heavy atom. The van der Waals surface area contributed by atoms with Crippen LogP contribution in [-0.2, 0) is 5.54 Å². The highest BCUT2D eigenvalue weighted by Gasteiger charge is 2.27. The lowest BCUT2D eigenvalue weighted by Crippen LogP contribution is -2.43. The second-order valence-corrected chi connectivity index (χ2v) is 3.50. The van der Waals surface area contributed by atoms with E-state index in [2.05, 4.69) is 5.32 Å². The van der Waals surface area contributed by atoms with Crippen LogP contribution in [0.1, 0.15) is 19.4 Å². The van der Waals surface area contributed by atoms with Gasteiger partial charge in [0.05, 0.1) is 12.1 Å². The molecule has 2 nitrogen and oxygen atoms in total. The molecule has 1 aromatic carbocycles. The number of benzene rings is 1. The van der Waals surface area contributed by atoms with Crippen LogP contribution in [0.25, 0.3) is 0 Å². The topological polar surface area (TPSA) is 32.3 Å². The molecule has 3 heteroatoms. The van der Waals surface area contributed by atoms with Crippen molar-refractivity contribution in [1.29, 1.82) is 0 Å². The average molecular weight is 197 g/mol. The van der Waals surface area contributed by atoms with E-state index in [0.29, 0.717) is 12.1 Å². The summed E-state index contributed by atoms with van der Waals surface area (Å²) in [5.74, 6) is -0.287. The van der Waals surface area contributed by atoms with Gasteiger partial charge in [-0.25, -0.2) is 4.39 Å². The second-order valence-electron chi connectivity index (χ2n) is 3.50. The summed E-state index contributed by atoms with van der Waals surface area (Å²) in [5.41, 5.74) is -0.190. The molecule has 0 aromatic heterocycles. The summed E-state index contributed by atoms with van der Waals surface area (Å²) in [6.07, 6.45) is 0. The normalized spacial score (nSPS) is 15.1. The number of aliphatic hydroxyl groups excluding tert-OH is 1. The fourth-order valence-electron chi connectivity index (χ4n) is 1.54. The van der Waals surface area contributed by atoms with Crippen molar-refractivity contribution >= 4 is 0 Å². The Labute approximate surface area is 83.8 Å². The van der Waals surface area contributed by atoms with E-state index in [0.717, 1.165) is 0 Å². The fourth-order valence-corrected chi connectivity index (χ4v) is 1.54. The molecule has 2 N–H and O–H groups in total. The standard InChI is InChI=1S/C11H16FNO/c1-3-13-11(2,8-14)9-6-4-5-7-10(9)12/h4-7,13-14H,3,8H2,1-2H3. The Morgan fingerprint density at radius 1 is 1.43 bits per heavy atom. The molecule has 0 heterocycles. The van der Waals surface area contributed by atoms with Gasteiger partial charge in [0.1, 0.15) is 5.82 Å². The maximum atomic E-state index is 13.4. The average Bonchev–Trinajstić information content (AvgIpc) is 2.18. The van der Waals surface area contributed by atoms with E-state index in [-0.39, 0.29) is 12.4 Å². The monoisotopic (exact) mass is 197 g/mol. The zero-order chi connectivity index (χ0) is 10.6. The largest absolute Gasteiger partial charge is 0.394 e. The molecule has 0 bridgehead atoms. The van der Waals surface area contributed by atoms with E-state index >= 15 is 0 Å². The third kappa shape index (κ3) is 2.11. The minimum absolute atomic E-state index is 0.123. The number of hydrogen-bond acceptors (Lipinski definition) is 2. The number of likely N-dealkylation sites (N-methyl/N-ethyl adjacent to an activating group) is 1. The van der Waals surface area contributed by atoms with Gasteiger partial charge in [-0.3, -0.25) is 0 Å². The lowest BCUT2D eigenvalue weighted by molar-refractivity contribution is 0.173. The zero-order valence-corrected chi connectivity index (χ0v) is 8.55. The van der Waals surface area contributed by atoms with Crippen molar-refractivity contribution in [1.82, 2.24) is 5.32 Å². The molecule has 0 saturated heterocycles. The molecule has 0 spiro atoms. The van der Waals surface area contributed by atoms with E-state index in [1.54, 1.807) is 25.1 Å². The molecule has 1 aromatic rings. The molecule has 0 aliphatic carbocycles. The molecule has 0 saturated carbocycles. The smallest absolute Gasteiger partial charge is 0.128 e. The van der Waals surface area contributed by atoms with Crippen molar-refractivity contribution in [2.45, 2.75) is 19.4 Å². The lowest BCUT2D eigenvalue weighted by Gasteiger charge is -2.29. The van der Waals surface area contributed by atoms with Gasteiger partial charge in [0.15, 0.2) is 0 Å². The van der Waals surface area contributed by atoms with Gasteiger partial charge in [0.2, 0.25) is 0 Å². The van der Waals surface area contributed by atoms with Crippen molar-refractivity contribution in [3.8, 4) is 0 Å². The highest BCUT2D eigenvalue weighted by molar-refractivity contribution is 5.25. The van der Waals surface area contributed by atoms with Crippen LogP contribution in [0.15, 0.2) is 24.3 Å². The van der Waals surface area contributed by atoms with E-state index in [4.69, 9.17) is 0 Å². The Hall–Kier alpha value is -0.930. The highest BCUT2D eigenvalue weighted by Crippen LogP contribution is 2.22. The third-order valence-electron chi connectivity index (χ3n) is 2.35. The molecule has 1 rings (SSSR count). The molecule has 0 aliphatic heterocycles. The first kappa shape index (κ1) is 11.1. The van der Waals surface area contributed by atoms with Gasteiger partial charge in [0, 0.05) is 5.56 Å². The van der Waals surface area contributed by atoms with Crippen molar-refractivity contribution in [2.75, 3.05) is 13.2 Å². The molecular weight excluding hydrogens is 181 g/mol. The van der Waals surface area contributed by atoms with E-state index < -0.39 is 5.54 Å². The van der Waals surface area contributed by atoms with Crippen molar-refractivity contribution in [3.63, 3.8) is 0 Å². The maximum Gasteiger partial charge on any atom is 0.128 e. The van der Waals surface area contributed by atoms with Crippen LogP contribution in [0.2, 0.25) is 0 Å². The predicted molar refractivity (Wildman–Crippen MR) is 54.5 cm³/mol. The first-order valence-electron chi connectivity index (χ1n) is 4.75. The van der Waals surface area contributed by atoms with Crippen LogP contribution in [0, 0.1) is 5.82 Å². The summed E-state index contributed by atoms with van der Waals surface area (Å²) in [7, 11) is 0. The first-order chi connectivity index (χ1) is 6.64. The van der Waals surface area contributed by atoms with Gasteiger partial charge in [-0.15, -0.1) is 0 Å². The van der Waals surface area contributed by atoms with Gasteiger partial charge in [-0.2, -0.15) is 0 Å². The fraction of sp³-hybridized carbons (Fsp3) is 0.455. The van der Waals surface area contributed by atoms with Crippen LogP contribution in [0.3, 0.4) is 0 Å². The maximum absolute atomic E-state index is 13.4. The molecule has 78 valence electrons. The quantitative estimate of drug-likeness (QED) is 0.769. The molecule has 0 radical (unpaired) electrons. The number of nitrogens with one attached hydrogen (secondary N) is 1. The van der Waals surface area contributed by atoms with Gasteiger partial charge < -0.3 is 10.4 Å². The number of hydrogen-bond donors (Lipinski definition) is 2. The molecule has 1 unspecified atom stereocenters.